The van der Waals surface area contributed by atoms with Gasteiger partial charge < -0.3 is 4.90 Å². The summed E-state index contributed by atoms with van der Waals surface area (Å²) in [5.41, 5.74) is 0.737. The fourth-order valence-corrected chi connectivity index (χ4v) is 1.42. The average molecular weight is 243 g/mol. The van der Waals surface area contributed by atoms with Crippen molar-refractivity contribution in [3.8, 4) is 6.07 Å². The van der Waals surface area contributed by atoms with E-state index in [1.807, 2.05) is 6.07 Å². The van der Waals surface area contributed by atoms with E-state index in [1.54, 1.807) is 19.9 Å². The maximum atomic E-state index is 12.4. The molecule has 0 atom stereocenters. The van der Waals surface area contributed by atoms with Crippen LogP contribution >= 0.6 is 0 Å². The van der Waals surface area contributed by atoms with Gasteiger partial charge in [-0.25, -0.2) is 4.98 Å². The highest BCUT2D eigenvalue weighted by Gasteiger charge is 2.31. The highest BCUT2D eigenvalue weighted by atomic mass is 19.4. The lowest BCUT2D eigenvalue weighted by atomic mass is 10.2. The molecule has 1 aromatic rings. The smallest absolute Gasteiger partial charge is 0.347 e. The van der Waals surface area contributed by atoms with E-state index in [2.05, 4.69) is 4.98 Å². The van der Waals surface area contributed by atoms with Gasteiger partial charge in [-0.15, -0.1) is 0 Å². The van der Waals surface area contributed by atoms with Crippen LogP contribution in [0, 0.1) is 18.3 Å². The van der Waals surface area contributed by atoms with Crippen molar-refractivity contribution in [1.82, 2.24) is 4.98 Å². The minimum Gasteiger partial charge on any atom is -0.347 e. The molecule has 0 unspecified atom stereocenters. The molecule has 0 aromatic carbocycles. The third kappa shape index (κ3) is 3.63. The highest BCUT2D eigenvalue weighted by Crippen LogP contribution is 2.23. The topological polar surface area (TPSA) is 39.9 Å². The Kier molecular flexibility index (Phi) is 3.94. The lowest BCUT2D eigenvalue weighted by molar-refractivity contribution is -0.119. The maximum absolute atomic E-state index is 12.4. The maximum Gasteiger partial charge on any atom is 0.405 e. The van der Waals surface area contributed by atoms with Crippen LogP contribution in [-0.2, 0) is 0 Å². The zero-order chi connectivity index (χ0) is 13.1. The van der Waals surface area contributed by atoms with Crippen LogP contribution in [0.15, 0.2) is 12.1 Å². The number of rotatable bonds is 3. The van der Waals surface area contributed by atoms with Crippen LogP contribution in [0.25, 0.3) is 0 Å². The van der Waals surface area contributed by atoms with Gasteiger partial charge >= 0.3 is 6.18 Å². The molecule has 0 N–H and O–H groups in total. The number of anilines is 1. The van der Waals surface area contributed by atoms with Gasteiger partial charge in [0, 0.05) is 12.2 Å². The van der Waals surface area contributed by atoms with E-state index in [0.29, 0.717) is 5.69 Å². The van der Waals surface area contributed by atoms with Gasteiger partial charge in [0.25, 0.3) is 0 Å². The molecule has 0 radical (unpaired) electrons. The quantitative estimate of drug-likeness (QED) is 0.819. The first-order valence-electron chi connectivity index (χ1n) is 5.07. The lowest BCUT2D eigenvalue weighted by Crippen LogP contribution is -2.35. The Morgan fingerprint density at radius 1 is 1.41 bits per heavy atom. The molecule has 17 heavy (non-hydrogen) atoms. The largest absolute Gasteiger partial charge is 0.405 e. The first kappa shape index (κ1) is 13.3. The third-order valence-corrected chi connectivity index (χ3v) is 2.19. The van der Waals surface area contributed by atoms with Crippen LogP contribution < -0.4 is 4.90 Å². The number of hydrogen-bond donors (Lipinski definition) is 0. The minimum absolute atomic E-state index is 0.0901. The first-order chi connectivity index (χ1) is 7.87. The SMILES string of the molecule is CCN(CC(F)(F)F)c1nc(C)ccc1C#N. The van der Waals surface area contributed by atoms with Crippen LogP contribution in [0.4, 0.5) is 19.0 Å². The molecule has 1 rings (SSSR count). The molecule has 0 spiro atoms. The van der Waals surface area contributed by atoms with E-state index in [1.165, 1.54) is 6.07 Å². The summed E-state index contributed by atoms with van der Waals surface area (Å²) < 4.78 is 37.1. The molecule has 6 heteroatoms. The second kappa shape index (κ2) is 5.04. The van der Waals surface area contributed by atoms with Crippen molar-refractivity contribution in [2.24, 2.45) is 0 Å². The standard InChI is InChI=1S/C11H12F3N3/c1-3-17(7-11(12,13)14)10-9(6-15)5-4-8(2)16-10/h4-5H,3,7H2,1-2H3. The Hall–Kier alpha value is -1.77. The number of hydrogen-bond acceptors (Lipinski definition) is 3. The van der Waals surface area contributed by atoms with Crippen molar-refractivity contribution in [1.29, 1.82) is 5.26 Å². The number of aromatic nitrogens is 1. The second-order valence-corrected chi connectivity index (χ2v) is 3.56. The lowest BCUT2D eigenvalue weighted by Gasteiger charge is -2.24. The number of nitriles is 1. The second-order valence-electron chi connectivity index (χ2n) is 3.56. The van der Waals surface area contributed by atoms with Gasteiger partial charge in [0.05, 0.1) is 5.56 Å². The molecule has 0 saturated heterocycles. The minimum atomic E-state index is -4.31. The molecule has 1 aromatic heterocycles. The predicted molar refractivity (Wildman–Crippen MR) is 57.6 cm³/mol. The summed E-state index contributed by atoms with van der Waals surface area (Å²) in [6.45, 7) is 2.31. The molecule has 0 bridgehead atoms. The summed E-state index contributed by atoms with van der Waals surface area (Å²) in [5, 5.41) is 8.85. The van der Waals surface area contributed by atoms with E-state index in [0.717, 1.165) is 4.90 Å². The van der Waals surface area contributed by atoms with Crippen molar-refractivity contribution in [3.63, 3.8) is 0 Å². The van der Waals surface area contributed by atoms with E-state index in [-0.39, 0.29) is 17.9 Å². The third-order valence-electron chi connectivity index (χ3n) is 2.19. The molecule has 0 fully saturated rings. The van der Waals surface area contributed by atoms with Crippen LogP contribution in [0.3, 0.4) is 0 Å². The Morgan fingerprint density at radius 3 is 2.53 bits per heavy atom. The number of nitrogens with zero attached hydrogens (tertiary/aromatic N) is 3. The van der Waals surface area contributed by atoms with Crippen molar-refractivity contribution in [3.05, 3.63) is 23.4 Å². The zero-order valence-corrected chi connectivity index (χ0v) is 9.54. The summed E-state index contributed by atoms with van der Waals surface area (Å²) in [6, 6.07) is 4.94. The van der Waals surface area contributed by atoms with E-state index < -0.39 is 12.7 Å². The Labute approximate surface area is 97.5 Å². The normalized spacial score (nSPS) is 11.1. The molecule has 0 aliphatic heterocycles. The predicted octanol–water partition coefficient (Wildman–Crippen LogP) is 2.65. The van der Waals surface area contributed by atoms with Crippen LogP contribution in [0.5, 0.6) is 0 Å². The molecule has 92 valence electrons. The summed E-state index contributed by atoms with van der Waals surface area (Å²) in [6.07, 6.45) is -4.31. The molecule has 0 aliphatic rings. The van der Waals surface area contributed by atoms with Crippen molar-refractivity contribution < 1.29 is 13.2 Å². The molecule has 3 nitrogen and oxygen atoms in total. The Morgan fingerprint density at radius 2 is 2.06 bits per heavy atom. The van der Waals surface area contributed by atoms with E-state index in [9.17, 15) is 13.2 Å². The Balaban J connectivity index is 3.11. The molecule has 0 saturated carbocycles. The number of aryl methyl sites for hydroxylation is 1. The van der Waals surface area contributed by atoms with Crippen LogP contribution in [0.1, 0.15) is 18.2 Å². The average Bonchev–Trinajstić information content (AvgIpc) is 2.24. The Bertz CT molecular complexity index is 435. The summed E-state index contributed by atoms with van der Waals surface area (Å²) in [7, 11) is 0. The van der Waals surface area contributed by atoms with Crippen molar-refractivity contribution in [2.75, 3.05) is 18.0 Å². The fraction of sp³-hybridized carbons (Fsp3) is 0.455. The number of halogens is 3. The van der Waals surface area contributed by atoms with Crippen molar-refractivity contribution in [2.45, 2.75) is 20.0 Å². The van der Waals surface area contributed by atoms with Crippen molar-refractivity contribution >= 4 is 5.82 Å². The zero-order valence-electron chi connectivity index (χ0n) is 9.54. The van der Waals surface area contributed by atoms with Gasteiger partial charge in [0.2, 0.25) is 0 Å². The molecular weight excluding hydrogens is 231 g/mol. The van der Waals surface area contributed by atoms with Crippen LogP contribution in [-0.4, -0.2) is 24.2 Å². The summed E-state index contributed by atoms with van der Waals surface area (Å²) >= 11 is 0. The van der Waals surface area contributed by atoms with Gasteiger partial charge in [-0.05, 0) is 26.0 Å². The summed E-state index contributed by atoms with van der Waals surface area (Å²) in [5.74, 6) is 0.0901. The summed E-state index contributed by atoms with van der Waals surface area (Å²) in [4.78, 5) is 5.05. The van der Waals surface area contributed by atoms with Gasteiger partial charge in [-0.1, -0.05) is 0 Å². The molecular formula is C11H12F3N3. The first-order valence-corrected chi connectivity index (χ1v) is 5.07. The number of pyridine rings is 1. The monoisotopic (exact) mass is 243 g/mol. The molecule has 0 aliphatic carbocycles. The van der Waals surface area contributed by atoms with Crippen LogP contribution in [0.2, 0.25) is 0 Å². The van der Waals surface area contributed by atoms with E-state index in [4.69, 9.17) is 5.26 Å². The fourth-order valence-electron chi connectivity index (χ4n) is 1.42. The van der Waals surface area contributed by atoms with Gasteiger partial charge in [-0.2, -0.15) is 18.4 Å². The van der Waals surface area contributed by atoms with Gasteiger partial charge in [0.15, 0.2) is 0 Å². The van der Waals surface area contributed by atoms with Gasteiger partial charge in [0.1, 0.15) is 18.4 Å². The molecule has 0 amide bonds. The van der Waals surface area contributed by atoms with E-state index >= 15 is 0 Å². The van der Waals surface area contributed by atoms with Gasteiger partial charge in [-0.3, -0.25) is 0 Å². The highest BCUT2D eigenvalue weighted by molar-refractivity contribution is 5.54. The number of alkyl halides is 3. The molecule has 1 heterocycles.